The molecule has 1 saturated heterocycles. The SMILES string of the molecule is CC(C)NC(=O)CN1C(=O)N[C@]2(CCCC[C@H]2C)C1=O. The molecular formula is C14H23N3O3. The molecule has 0 aromatic carbocycles. The van der Waals surface area contributed by atoms with Crippen molar-refractivity contribution in [2.45, 2.75) is 58.0 Å². The van der Waals surface area contributed by atoms with Gasteiger partial charge in [-0.15, -0.1) is 0 Å². The second kappa shape index (κ2) is 5.42. The van der Waals surface area contributed by atoms with Gasteiger partial charge in [0, 0.05) is 6.04 Å². The van der Waals surface area contributed by atoms with Gasteiger partial charge < -0.3 is 10.6 Å². The Bertz CT molecular complexity index is 435. The molecule has 2 aliphatic rings. The van der Waals surface area contributed by atoms with E-state index in [9.17, 15) is 14.4 Å². The maximum Gasteiger partial charge on any atom is 0.325 e. The quantitative estimate of drug-likeness (QED) is 0.758. The third kappa shape index (κ3) is 2.51. The van der Waals surface area contributed by atoms with Crippen LogP contribution in [0.1, 0.15) is 46.5 Å². The monoisotopic (exact) mass is 281 g/mol. The van der Waals surface area contributed by atoms with Crippen LogP contribution in [0.3, 0.4) is 0 Å². The molecule has 1 spiro atoms. The summed E-state index contributed by atoms with van der Waals surface area (Å²) in [6.45, 7) is 5.48. The van der Waals surface area contributed by atoms with E-state index in [4.69, 9.17) is 0 Å². The van der Waals surface area contributed by atoms with Crippen molar-refractivity contribution in [1.82, 2.24) is 15.5 Å². The van der Waals surface area contributed by atoms with E-state index in [0.717, 1.165) is 24.2 Å². The van der Waals surface area contributed by atoms with E-state index < -0.39 is 11.6 Å². The fourth-order valence-corrected chi connectivity index (χ4v) is 3.15. The van der Waals surface area contributed by atoms with E-state index in [1.54, 1.807) is 0 Å². The second-order valence-corrected chi connectivity index (χ2v) is 6.16. The summed E-state index contributed by atoms with van der Waals surface area (Å²) in [7, 11) is 0. The third-order valence-corrected chi connectivity index (χ3v) is 4.25. The highest BCUT2D eigenvalue weighted by atomic mass is 16.2. The highest BCUT2D eigenvalue weighted by molar-refractivity contribution is 6.09. The maximum absolute atomic E-state index is 12.6. The zero-order valence-electron chi connectivity index (χ0n) is 12.4. The van der Waals surface area contributed by atoms with Crippen LogP contribution in [0.25, 0.3) is 0 Å². The number of nitrogens with zero attached hydrogens (tertiary/aromatic N) is 1. The first-order valence-electron chi connectivity index (χ1n) is 7.30. The van der Waals surface area contributed by atoms with E-state index in [-0.39, 0.29) is 30.3 Å². The van der Waals surface area contributed by atoms with Gasteiger partial charge in [-0.1, -0.05) is 19.8 Å². The van der Waals surface area contributed by atoms with Crippen LogP contribution in [-0.2, 0) is 9.59 Å². The maximum atomic E-state index is 12.6. The molecule has 1 heterocycles. The standard InChI is InChI=1S/C14H23N3O3/c1-9(2)15-11(18)8-17-12(19)14(16-13(17)20)7-5-4-6-10(14)3/h9-10H,4-8H2,1-3H3,(H,15,18)(H,16,20)/t10-,14+/m1/s1. The summed E-state index contributed by atoms with van der Waals surface area (Å²) in [5.41, 5.74) is -0.784. The van der Waals surface area contributed by atoms with E-state index in [1.807, 2.05) is 20.8 Å². The lowest BCUT2D eigenvalue weighted by Gasteiger charge is -2.36. The molecule has 0 aromatic heterocycles. The Morgan fingerprint density at radius 1 is 1.45 bits per heavy atom. The summed E-state index contributed by atoms with van der Waals surface area (Å²) >= 11 is 0. The van der Waals surface area contributed by atoms with Gasteiger partial charge >= 0.3 is 6.03 Å². The number of carbonyl (C=O) groups is 3. The summed E-state index contributed by atoms with van der Waals surface area (Å²) < 4.78 is 0. The van der Waals surface area contributed by atoms with Gasteiger partial charge in [0.2, 0.25) is 5.91 Å². The molecule has 0 aromatic rings. The molecule has 1 aliphatic heterocycles. The van der Waals surface area contributed by atoms with Crippen LogP contribution in [0.5, 0.6) is 0 Å². The first-order chi connectivity index (χ1) is 9.36. The van der Waals surface area contributed by atoms with Crippen LogP contribution in [0.4, 0.5) is 4.79 Å². The molecule has 4 amide bonds. The van der Waals surface area contributed by atoms with Crippen LogP contribution in [0, 0.1) is 5.92 Å². The molecule has 0 unspecified atom stereocenters. The van der Waals surface area contributed by atoms with Gasteiger partial charge in [-0.3, -0.25) is 14.5 Å². The first kappa shape index (κ1) is 14.8. The number of hydrogen-bond donors (Lipinski definition) is 2. The smallest absolute Gasteiger partial charge is 0.325 e. The summed E-state index contributed by atoms with van der Waals surface area (Å²) in [6, 6.07) is -0.450. The number of nitrogens with one attached hydrogen (secondary N) is 2. The summed E-state index contributed by atoms with van der Waals surface area (Å²) in [5.74, 6) is -0.427. The van der Waals surface area contributed by atoms with Gasteiger partial charge in [0.1, 0.15) is 12.1 Å². The molecule has 1 aliphatic carbocycles. The van der Waals surface area contributed by atoms with Gasteiger partial charge in [0.15, 0.2) is 0 Å². The Kier molecular flexibility index (Phi) is 4.01. The van der Waals surface area contributed by atoms with Crippen LogP contribution in [0.2, 0.25) is 0 Å². The predicted octanol–water partition coefficient (Wildman–Crippen LogP) is 1.01. The number of rotatable bonds is 3. The number of urea groups is 1. The Labute approximate surface area is 119 Å². The zero-order chi connectivity index (χ0) is 14.9. The van der Waals surface area contributed by atoms with Gasteiger partial charge in [0.25, 0.3) is 5.91 Å². The number of hydrogen-bond acceptors (Lipinski definition) is 3. The van der Waals surface area contributed by atoms with Crippen LogP contribution >= 0.6 is 0 Å². The molecule has 2 atom stereocenters. The molecule has 112 valence electrons. The molecule has 6 heteroatoms. The normalized spacial score (nSPS) is 30.0. The Balaban J connectivity index is 2.11. The van der Waals surface area contributed by atoms with Crippen molar-refractivity contribution >= 4 is 17.8 Å². The van der Waals surface area contributed by atoms with Crippen molar-refractivity contribution < 1.29 is 14.4 Å². The van der Waals surface area contributed by atoms with Crippen molar-refractivity contribution in [2.24, 2.45) is 5.92 Å². The van der Waals surface area contributed by atoms with Crippen molar-refractivity contribution in [3.05, 3.63) is 0 Å². The Morgan fingerprint density at radius 3 is 2.75 bits per heavy atom. The molecule has 6 nitrogen and oxygen atoms in total. The summed E-state index contributed by atoms with van der Waals surface area (Å²) in [6.07, 6.45) is 3.61. The lowest BCUT2D eigenvalue weighted by Crippen LogP contribution is -2.54. The lowest BCUT2D eigenvalue weighted by molar-refractivity contribution is -0.137. The highest BCUT2D eigenvalue weighted by Gasteiger charge is 2.55. The van der Waals surface area contributed by atoms with Gasteiger partial charge in [-0.25, -0.2) is 4.79 Å². The van der Waals surface area contributed by atoms with Crippen LogP contribution in [-0.4, -0.2) is 40.9 Å². The average Bonchev–Trinajstić information content (AvgIpc) is 2.58. The predicted molar refractivity (Wildman–Crippen MR) is 73.9 cm³/mol. The lowest BCUT2D eigenvalue weighted by atomic mass is 9.73. The minimum absolute atomic E-state index is 0.00849. The summed E-state index contributed by atoms with van der Waals surface area (Å²) in [4.78, 5) is 37.4. The Morgan fingerprint density at radius 2 is 2.15 bits per heavy atom. The van der Waals surface area contributed by atoms with Crippen molar-refractivity contribution in [3.8, 4) is 0 Å². The number of amides is 4. The largest absolute Gasteiger partial charge is 0.352 e. The van der Waals surface area contributed by atoms with E-state index in [2.05, 4.69) is 10.6 Å². The van der Waals surface area contributed by atoms with E-state index >= 15 is 0 Å². The molecule has 1 saturated carbocycles. The van der Waals surface area contributed by atoms with Crippen molar-refractivity contribution in [3.63, 3.8) is 0 Å². The Hall–Kier alpha value is -1.59. The van der Waals surface area contributed by atoms with Gasteiger partial charge in [0.05, 0.1) is 0 Å². The fourth-order valence-electron chi connectivity index (χ4n) is 3.15. The van der Waals surface area contributed by atoms with Gasteiger partial charge in [-0.05, 0) is 32.6 Å². The second-order valence-electron chi connectivity index (χ2n) is 6.16. The fraction of sp³-hybridized carbons (Fsp3) is 0.786. The van der Waals surface area contributed by atoms with E-state index in [1.165, 1.54) is 0 Å². The molecular weight excluding hydrogens is 258 g/mol. The summed E-state index contributed by atoms with van der Waals surface area (Å²) in [5, 5.41) is 5.54. The molecule has 2 fully saturated rings. The topological polar surface area (TPSA) is 78.5 Å². The number of carbonyl (C=O) groups excluding carboxylic acids is 3. The molecule has 0 bridgehead atoms. The van der Waals surface area contributed by atoms with Crippen molar-refractivity contribution in [1.29, 1.82) is 0 Å². The van der Waals surface area contributed by atoms with Crippen LogP contribution in [0.15, 0.2) is 0 Å². The van der Waals surface area contributed by atoms with Crippen LogP contribution < -0.4 is 10.6 Å². The molecule has 20 heavy (non-hydrogen) atoms. The highest BCUT2D eigenvalue weighted by Crippen LogP contribution is 2.38. The van der Waals surface area contributed by atoms with Gasteiger partial charge in [-0.2, -0.15) is 0 Å². The minimum Gasteiger partial charge on any atom is -0.352 e. The minimum atomic E-state index is -0.784. The number of imide groups is 1. The molecule has 2 N–H and O–H groups in total. The molecule has 2 rings (SSSR count). The van der Waals surface area contributed by atoms with E-state index in [0.29, 0.717) is 6.42 Å². The van der Waals surface area contributed by atoms with Crippen molar-refractivity contribution in [2.75, 3.05) is 6.54 Å². The zero-order valence-corrected chi connectivity index (χ0v) is 12.4. The average molecular weight is 281 g/mol. The molecule has 0 radical (unpaired) electrons. The first-order valence-corrected chi connectivity index (χ1v) is 7.30. The third-order valence-electron chi connectivity index (χ3n) is 4.25.